The van der Waals surface area contributed by atoms with E-state index in [2.05, 4.69) is 4.98 Å². The standard InChI is InChI=1S/C9H11Cl3N2O3/c10-9(11,12)8(17)5-1-4(3-14-5)7(16)6(15)2-13/h1,3,6-7,14-16H,2,13H2. The number of hydrogen-bond acceptors (Lipinski definition) is 4. The molecule has 0 aliphatic heterocycles. The summed E-state index contributed by atoms with van der Waals surface area (Å²) < 4.78 is -2.07. The van der Waals surface area contributed by atoms with Gasteiger partial charge >= 0.3 is 0 Å². The van der Waals surface area contributed by atoms with Crippen molar-refractivity contribution in [2.45, 2.75) is 16.0 Å². The van der Waals surface area contributed by atoms with E-state index in [-0.39, 0.29) is 12.2 Å². The molecule has 2 atom stereocenters. The number of nitrogens with one attached hydrogen (secondary N) is 1. The first-order valence-electron chi connectivity index (χ1n) is 4.63. The number of ketones is 1. The number of alkyl halides is 3. The molecule has 1 rings (SSSR count). The largest absolute Gasteiger partial charge is 0.389 e. The summed E-state index contributed by atoms with van der Waals surface area (Å²) in [5, 5.41) is 19.0. The highest BCUT2D eigenvalue weighted by Crippen LogP contribution is 2.31. The Hall–Kier alpha value is -0.300. The van der Waals surface area contributed by atoms with Crippen molar-refractivity contribution >= 4 is 40.6 Å². The molecule has 0 aliphatic rings. The zero-order chi connectivity index (χ0) is 13.2. The fraction of sp³-hybridized carbons (Fsp3) is 0.444. The van der Waals surface area contributed by atoms with Crippen LogP contribution >= 0.6 is 34.8 Å². The summed E-state index contributed by atoms with van der Waals surface area (Å²) in [6, 6.07) is 1.30. The highest BCUT2D eigenvalue weighted by atomic mass is 35.6. The molecule has 0 saturated heterocycles. The molecule has 0 aromatic carbocycles. The summed E-state index contributed by atoms with van der Waals surface area (Å²) in [5.74, 6) is -0.747. The fourth-order valence-electron chi connectivity index (χ4n) is 1.22. The molecule has 8 heteroatoms. The number of carbonyl (C=O) groups excluding carboxylic acids is 1. The van der Waals surface area contributed by atoms with E-state index in [1.807, 2.05) is 0 Å². The molecular formula is C9H11Cl3N2O3. The van der Waals surface area contributed by atoms with E-state index in [9.17, 15) is 15.0 Å². The van der Waals surface area contributed by atoms with Gasteiger partial charge in [0.15, 0.2) is 0 Å². The van der Waals surface area contributed by atoms with Crippen molar-refractivity contribution in [2.24, 2.45) is 5.73 Å². The van der Waals surface area contributed by atoms with Gasteiger partial charge in [0.2, 0.25) is 5.78 Å². The number of hydrogen-bond donors (Lipinski definition) is 4. The van der Waals surface area contributed by atoms with Crippen LogP contribution in [-0.2, 0) is 0 Å². The van der Waals surface area contributed by atoms with Crippen LogP contribution < -0.4 is 5.73 Å². The van der Waals surface area contributed by atoms with E-state index in [0.717, 1.165) is 0 Å². The quantitative estimate of drug-likeness (QED) is 0.491. The van der Waals surface area contributed by atoms with Gasteiger partial charge in [-0.3, -0.25) is 4.79 Å². The van der Waals surface area contributed by atoms with Crippen LogP contribution in [0.1, 0.15) is 22.2 Å². The van der Waals surface area contributed by atoms with Crippen molar-refractivity contribution in [1.29, 1.82) is 0 Å². The highest BCUT2D eigenvalue weighted by Gasteiger charge is 2.33. The van der Waals surface area contributed by atoms with E-state index in [4.69, 9.17) is 40.5 Å². The van der Waals surface area contributed by atoms with Crippen LogP contribution in [0.3, 0.4) is 0 Å². The number of rotatable bonds is 4. The van der Waals surface area contributed by atoms with Gasteiger partial charge in [0.25, 0.3) is 3.79 Å². The van der Waals surface area contributed by atoms with Gasteiger partial charge in [-0.15, -0.1) is 0 Å². The molecule has 1 heterocycles. The summed E-state index contributed by atoms with van der Waals surface area (Å²) in [5.41, 5.74) is 5.52. The van der Waals surface area contributed by atoms with E-state index in [1.165, 1.54) is 12.3 Å². The second-order valence-corrected chi connectivity index (χ2v) is 5.70. The van der Waals surface area contributed by atoms with E-state index in [1.54, 1.807) is 0 Å². The lowest BCUT2D eigenvalue weighted by Crippen LogP contribution is -2.26. The minimum absolute atomic E-state index is 0.0308. The molecule has 0 bridgehead atoms. The van der Waals surface area contributed by atoms with Gasteiger partial charge in [0, 0.05) is 18.3 Å². The van der Waals surface area contributed by atoms with Gasteiger partial charge in [-0.25, -0.2) is 0 Å². The molecule has 0 amide bonds. The predicted octanol–water partition coefficient (Wildman–Crippen LogP) is 0.921. The van der Waals surface area contributed by atoms with Gasteiger partial charge in [-0.2, -0.15) is 0 Å². The SMILES string of the molecule is NCC(O)C(O)c1c[nH]c(C(=O)C(Cl)(Cl)Cl)c1. The zero-order valence-corrected chi connectivity index (χ0v) is 10.8. The number of halogens is 3. The molecule has 0 radical (unpaired) electrons. The maximum atomic E-state index is 11.5. The molecule has 0 aliphatic carbocycles. The number of aliphatic hydroxyl groups is 2. The molecule has 5 nitrogen and oxygen atoms in total. The van der Waals surface area contributed by atoms with Gasteiger partial charge in [-0.05, 0) is 6.07 Å². The molecule has 1 aromatic rings. The average molecular weight is 302 g/mol. The van der Waals surface area contributed by atoms with Crippen molar-refractivity contribution in [3.05, 3.63) is 23.5 Å². The summed E-state index contributed by atoms with van der Waals surface area (Å²) >= 11 is 16.3. The van der Waals surface area contributed by atoms with E-state index >= 15 is 0 Å². The summed E-state index contributed by atoms with van der Waals surface area (Å²) in [7, 11) is 0. The van der Waals surface area contributed by atoms with Crippen LogP contribution in [0.2, 0.25) is 0 Å². The Morgan fingerprint density at radius 1 is 1.47 bits per heavy atom. The number of H-pyrrole nitrogens is 1. The van der Waals surface area contributed by atoms with Crippen LogP contribution in [0.15, 0.2) is 12.3 Å². The number of carbonyl (C=O) groups is 1. The van der Waals surface area contributed by atoms with Gasteiger partial charge in [0.05, 0.1) is 11.8 Å². The van der Waals surface area contributed by atoms with Crippen molar-refractivity contribution in [3.63, 3.8) is 0 Å². The second kappa shape index (κ2) is 5.56. The van der Waals surface area contributed by atoms with Crippen LogP contribution in [0.4, 0.5) is 0 Å². The molecule has 0 fully saturated rings. The van der Waals surface area contributed by atoms with Gasteiger partial charge in [-0.1, -0.05) is 34.8 Å². The summed E-state index contributed by atoms with van der Waals surface area (Å²) in [6.07, 6.45) is -0.984. The monoisotopic (exact) mass is 300 g/mol. The van der Waals surface area contributed by atoms with Gasteiger partial charge < -0.3 is 20.9 Å². The lowest BCUT2D eigenvalue weighted by molar-refractivity contribution is 0.0244. The number of aliphatic hydroxyl groups excluding tert-OH is 2. The number of aromatic nitrogens is 1. The maximum absolute atomic E-state index is 11.5. The first kappa shape index (κ1) is 14.8. The first-order chi connectivity index (χ1) is 7.77. The lowest BCUT2D eigenvalue weighted by atomic mass is 10.1. The topological polar surface area (TPSA) is 99.3 Å². The molecule has 0 spiro atoms. The smallest absolute Gasteiger partial charge is 0.254 e. The molecule has 17 heavy (non-hydrogen) atoms. The second-order valence-electron chi connectivity index (χ2n) is 3.42. The Labute approximate surface area is 112 Å². The third-order valence-corrected chi connectivity index (χ3v) is 2.67. The first-order valence-corrected chi connectivity index (χ1v) is 5.76. The number of aromatic amines is 1. The zero-order valence-electron chi connectivity index (χ0n) is 8.53. The van der Waals surface area contributed by atoms with Crippen LogP contribution in [-0.4, -0.2) is 37.4 Å². The lowest BCUT2D eigenvalue weighted by Gasteiger charge is -2.14. The Morgan fingerprint density at radius 3 is 2.53 bits per heavy atom. The normalized spacial score (nSPS) is 15.6. The third-order valence-electron chi connectivity index (χ3n) is 2.15. The maximum Gasteiger partial charge on any atom is 0.254 e. The average Bonchev–Trinajstić information content (AvgIpc) is 2.73. The Bertz CT molecular complexity index is 402. The van der Waals surface area contributed by atoms with E-state index < -0.39 is 21.8 Å². The fourth-order valence-corrected chi connectivity index (χ4v) is 1.52. The molecule has 1 aromatic heterocycles. The Kier molecular flexibility index (Phi) is 4.83. The van der Waals surface area contributed by atoms with Crippen LogP contribution in [0.25, 0.3) is 0 Å². The van der Waals surface area contributed by atoms with Crippen LogP contribution in [0.5, 0.6) is 0 Å². The number of nitrogens with two attached hydrogens (primary N) is 1. The van der Waals surface area contributed by atoms with Crippen molar-refractivity contribution in [1.82, 2.24) is 4.98 Å². The molecule has 96 valence electrons. The third kappa shape index (κ3) is 3.58. The van der Waals surface area contributed by atoms with E-state index in [0.29, 0.717) is 5.56 Å². The van der Waals surface area contributed by atoms with Crippen molar-refractivity contribution in [3.8, 4) is 0 Å². The minimum atomic E-state index is -2.07. The van der Waals surface area contributed by atoms with Crippen LogP contribution in [0, 0.1) is 0 Å². The van der Waals surface area contributed by atoms with Crippen molar-refractivity contribution in [2.75, 3.05) is 6.54 Å². The molecule has 5 N–H and O–H groups in total. The number of Topliss-reactive ketones (excluding diaryl/α,β-unsaturated/α-hetero) is 1. The molecule has 2 unspecified atom stereocenters. The van der Waals surface area contributed by atoms with Gasteiger partial charge in [0.1, 0.15) is 6.10 Å². The molecule has 0 saturated carbocycles. The van der Waals surface area contributed by atoms with Crippen molar-refractivity contribution < 1.29 is 15.0 Å². The summed E-state index contributed by atoms with van der Waals surface area (Å²) in [6.45, 7) is -0.111. The Balaban J connectivity index is 2.89. The summed E-state index contributed by atoms with van der Waals surface area (Å²) in [4.78, 5) is 14.1. The minimum Gasteiger partial charge on any atom is -0.389 e. The Morgan fingerprint density at radius 2 is 2.06 bits per heavy atom. The molecular weight excluding hydrogens is 290 g/mol. The predicted molar refractivity (Wildman–Crippen MR) is 65.4 cm³/mol. The highest BCUT2D eigenvalue weighted by molar-refractivity contribution is 6.77.